The maximum atomic E-state index is 12.4. The van der Waals surface area contributed by atoms with E-state index in [2.05, 4.69) is 24.5 Å². The minimum Gasteiger partial charge on any atom is -0.477 e. The number of carboxylic acids is 2. The zero-order valence-corrected chi connectivity index (χ0v) is 36.6. The average molecular weight is 887 g/mol. The van der Waals surface area contributed by atoms with E-state index in [0.29, 0.717) is 73.2 Å². The van der Waals surface area contributed by atoms with Crippen molar-refractivity contribution in [3.63, 3.8) is 0 Å². The summed E-state index contributed by atoms with van der Waals surface area (Å²) in [6.45, 7) is 4.21. The van der Waals surface area contributed by atoms with Crippen molar-refractivity contribution in [2.75, 3.05) is 9.80 Å². The number of ketones is 1. The van der Waals surface area contributed by atoms with Crippen LogP contribution in [0.4, 0.5) is 21.0 Å². The molecule has 6 rings (SSSR count). The Morgan fingerprint density at radius 3 is 1.50 bits per heavy atom. The highest BCUT2D eigenvalue weighted by Gasteiger charge is 2.40. The van der Waals surface area contributed by atoms with Gasteiger partial charge in [-0.15, -0.1) is 22.7 Å². The number of carbonyl (C=O) groups is 7. The number of aromatic carboxylic acids is 2. The van der Waals surface area contributed by atoms with Crippen LogP contribution in [0.5, 0.6) is 0 Å². The van der Waals surface area contributed by atoms with E-state index in [9.17, 15) is 38.7 Å². The van der Waals surface area contributed by atoms with Crippen LogP contribution >= 0.6 is 22.7 Å². The lowest BCUT2D eigenvalue weighted by Gasteiger charge is -2.22. The molecule has 2 aliphatic rings. The summed E-state index contributed by atoms with van der Waals surface area (Å²) in [6, 6.07) is 18.5. The Labute approximate surface area is 368 Å². The van der Waals surface area contributed by atoms with E-state index < -0.39 is 42.2 Å². The minimum absolute atomic E-state index is 0.0789. The molecule has 0 radical (unpaired) electrons. The molecule has 2 aromatic carbocycles. The second kappa shape index (κ2) is 22.9. The van der Waals surface area contributed by atoms with Gasteiger partial charge in [-0.2, -0.15) is 0 Å². The number of urea groups is 2. The molecule has 0 aliphatic carbocycles. The number of carbonyl (C=O) groups excluding carboxylic acids is 5. The van der Waals surface area contributed by atoms with Crippen LogP contribution in [0.3, 0.4) is 0 Å². The van der Waals surface area contributed by atoms with Crippen molar-refractivity contribution in [2.24, 2.45) is 0 Å². The topological polar surface area (TPSA) is 211 Å². The number of nitrogens with one attached hydrogen (secondary N) is 2. The number of aliphatic hydroxyl groups excluding tert-OH is 1. The Balaban J connectivity index is 0.000000234. The summed E-state index contributed by atoms with van der Waals surface area (Å²) in [6.07, 6.45) is 10.2. The fraction of sp³-hybridized carbons (Fsp3) is 0.413. The zero-order chi connectivity index (χ0) is 44.8. The summed E-state index contributed by atoms with van der Waals surface area (Å²) in [4.78, 5) is 89.0. The van der Waals surface area contributed by atoms with Crippen LogP contribution in [-0.2, 0) is 22.4 Å². The molecule has 2 aromatic heterocycles. The van der Waals surface area contributed by atoms with Gasteiger partial charge >= 0.3 is 24.0 Å². The number of carboxylic acid groups (broad SMARTS) is 2. The van der Waals surface area contributed by atoms with Gasteiger partial charge in [-0.25, -0.2) is 19.2 Å². The molecule has 4 aromatic rings. The third-order valence-electron chi connectivity index (χ3n) is 10.8. The lowest BCUT2D eigenvalue weighted by atomic mass is 10.0. The Kier molecular flexibility index (Phi) is 17.5. The second-order valence-corrected chi connectivity index (χ2v) is 17.7. The molecular formula is C46H54N4O10S2. The third-order valence-corrected chi connectivity index (χ3v) is 13.1. The molecule has 0 spiro atoms. The number of benzene rings is 2. The molecule has 6 amide bonds. The molecule has 330 valence electrons. The second-order valence-electron chi connectivity index (χ2n) is 15.3. The highest BCUT2D eigenvalue weighted by atomic mass is 32.1. The maximum absolute atomic E-state index is 12.4. The zero-order valence-electron chi connectivity index (χ0n) is 35.0. The van der Waals surface area contributed by atoms with E-state index in [1.54, 1.807) is 72.8 Å². The van der Waals surface area contributed by atoms with Gasteiger partial charge in [0.25, 0.3) is 11.8 Å². The molecule has 62 heavy (non-hydrogen) atoms. The Morgan fingerprint density at radius 2 is 1.06 bits per heavy atom. The van der Waals surface area contributed by atoms with E-state index in [0.717, 1.165) is 53.8 Å². The minimum atomic E-state index is -0.949. The predicted molar refractivity (Wildman–Crippen MR) is 239 cm³/mol. The van der Waals surface area contributed by atoms with Gasteiger partial charge in [0.05, 0.1) is 6.10 Å². The Bertz CT molecular complexity index is 2200. The van der Waals surface area contributed by atoms with Crippen LogP contribution in [0.25, 0.3) is 0 Å². The molecule has 4 heterocycles. The summed E-state index contributed by atoms with van der Waals surface area (Å²) < 4.78 is 0. The third kappa shape index (κ3) is 12.7. The van der Waals surface area contributed by atoms with Crippen molar-refractivity contribution >= 4 is 75.6 Å². The van der Waals surface area contributed by atoms with E-state index in [1.165, 1.54) is 32.5 Å². The number of thiophene rings is 2. The molecule has 3 atom stereocenters. The van der Waals surface area contributed by atoms with Gasteiger partial charge in [-0.3, -0.25) is 34.8 Å². The summed E-state index contributed by atoms with van der Waals surface area (Å²) >= 11 is 2.45. The Hall–Kier alpha value is -5.71. The molecule has 2 fully saturated rings. The van der Waals surface area contributed by atoms with Crippen molar-refractivity contribution in [1.29, 1.82) is 0 Å². The highest BCUT2D eigenvalue weighted by Crippen LogP contribution is 2.29. The van der Waals surface area contributed by atoms with Gasteiger partial charge in [-0.1, -0.05) is 58.1 Å². The van der Waals surface area contributed by atoms with E-state index in [-0.39, 0.29) is 22.5 Å². The standard InChI is InChI=1S/C23H28N2O5S.C23H26N2O5S/c2*1-2-3-4-8-19(26)15-9-11-16(12-10-15)25-18(21(27)24-23(25)30)7-5-6-17-13-14-20(31-17)22(28)29/h9-14,18-19,26H,2-8H2,1H3,(H,28,29)(H,24,27,30);9-14,18H,2-8H2,1H3,(H,28,29)(H,24,27,30). The van der Waals surface area contributed by atoms with Crippen LogP contribution in [0.1, 0.15) is 142 Å². The van der Waals surface area contributed by atoms with E-state index in [1.807, 2.05) is 0 Å². The largest absolute Gasteiger partial charge is 0.477 e. The van der Waals surface area contributed by atoms with Crippen LogP contribution in [-0.4, -0.2) is 69.0 Å². The number of anilines is 2. The van der Waals surface area contributed by atoms with Crippen molar-refractivity contribution in [1.82, 2.24) is 10.6 Å². The number of nitrogens with zero attached hydrogens (tertiary/aromatic N) is 2. The quantitative estimate of drug-likeness (QED) is 0.0287. The summed E-state index contributed by atoms with van der Waals surface area (Å²) in [7, 11) is 0. The normalized spacial score (nSPS) is 16.5. The predicted octanol–water partition coefficient (Wildman–Crippen LogP) is 9.16. The average Bonchev–Trinajstić information content (AvgIpc) is 4.05. The molecule has 14 nitrogen and oxygen atoms in total. The summed E-state index contributed by atoms with van der Waals surface area (Å²) in [5.41, 5.74) is 2.59. The number of imide groups is 2. The van der Waals surface area contributed by atoms with Crippen molar-refractivity contribution < 1.29 is 48.9 Å². The fourth-order valence-electron chi connectivity index (χ4n) is 7.42. The van der Waals surface area contributed by atoms with Crippen molar-refractivity contribution in [3.05, 3.63) is 103 Å². The fourth-order valence-corrected chi connectivity index (χ4v) is 9.20. The van der Waals surface area contributed by atoms with Crippen LogP contribution in [0.2, 0.25) is 0 Å². The van der Waals surface area contributed by atoms with Crippen LogP contribution in [0.15, 0.2) is 72.8 Å². The van der Waals surface area contributed by atoms with Gasteiger partial charge in [0.1, 0.15) is 21.8 Å². The van der Waals surface area contributed by atoms with Gasteiger partial charge < -0.3 is 15.3 Å². The molecule has 0 bridgehead atoms. The highest BCUT2D eigenvalue weighted by molar-refractivity contribution is 7.14. The smallest absolute Gasteiger partial charge is 0.345 e. The van der Waals surface area contributed by atoms with Crippen molar-refractivity contribution in [3.8, 4) is 0 Å². The maximum Gasteiger partial charge on any atom is 0.345 e. The first-order valence-corrected chi connectivity index (χ1v) is 22.8. The van der Waals surface area contributed by atoms with Crippen LogP contribution < -0.4 is 20.4 Å². The molecule has 0 saturated carbocycles. The number of aliphatic hydroxyl groups is 1. The van der Waals surface area contributed by atoms with Gasteiger partial charge in [0.2, 0.25) is 0 Å². The van der Waals surface area contributed by atoms with E-state index >= 15 is 0 Å². The SMILES string of the molecule is CCCCCC(=O)c1ccc(N2C(=O)NC(=O)C2CCCc2ccc(C(=O)O)s2)cc1.CCCCCC(O)c1ccc(N2C(=O)NC(=O)C2CCCc2ccc(C(=O)O)s2)cc1. The lowest BCUT2D eigenvalue weighted by Crippen LogP contribution is -2.35. The monoisotopic (exact) mass is 886 g/mol. The summed E-state index contributed by atoms with van der Waals surface area (Å²) in [5, 5.41) is 33.1. The van der Waals surface area contributed by atoms with Gasteiger partial charge in [-0.05, 0) is 118 Å². The van der Waals surface area contributed by atoms with E-state index in [4.69, 9.17) is 10.2 Å². The molecule has 16 heteroatoms. The Morgan fingerprint density at radius 1 is 0.613 bits per heavy atom. The first-order chi connectivity index (χ1) is 29.8. The number of rotatable bonds is 22. The molecular weight excluding hydrogens is 833 g/mol. The lowest BCUT2D eigenvalue weighted by molar-refractivity contribution is -0.120. The van der Waals surface area contributed by atoms with Crippen LogP contribution in [0, 0.1) is 0 Å². The molecule has 3 unspecified atom stereocenters. The number of hydrogen-bond acceptors (Lipinski definition) is 10. The number of unbranched alkanes of at least 4 members (excludes halogenated alkanes) is 4. The van der Waals surface area contributed by atoms with Gasteiger partial charge in [0.15, 0.2) is 5.78 Å². The molecule has 2 aliphatic heterocycles. The summed E-state index contributed by atoms with van der Waals surface area (Å²) in [5.74, 6) is -2.49. The molecule has 2 saturated heterocycles. The number of amides is 6. The van der Waals surface area contributed by atoms with Crippen molar-refractivity contribution in [2.45, 2.75) is 122 Å². The number of aryl methyl sites for hydroxylation is 2. The first kappa shape index (κ1) is 47.3. The number of Topliss-reactive ketones (excluding diaryl/α,β-unsaturated/α-hetero) is 1. The number of hydrogen-bond donors (Lipinski definition) is 5. The van der Waals surface area contributed by atoms with Gasteiger partial charge in [0, 0.05) is 33.1 Å². The first-order valence-electron chi connectivity index (χ1n) is 21.1. The molecule has 5 N–H and O–H groups in total.